The van der Waals surface area contributed by atoms with Crippen molar-refractivity contribution in [1.82, 2.24) is 4.90 Å². The first-order valence-corrected chi connectivity index (χ1v) is 9.57. The van der Waals surface area contributed by atoms with Crippen LogP contribution in [0.5, 0.6) is 0 Å². The number of aliphatic hydroxyl groups excluding tert-OH is 2. The lowest BCUT2D eigenvalue weighted by Crippen LogP contribution is -2.72. The molecule has 1 saturated carbocycles. The molecule has 5 aliphatic heterocycles. The van der Waals surface area contributed by atoms with Crippen LogP contribution in [0, 0.1) is 17.8 Å². The van der Waals surface area contributed by atoms with E-state index in [1.165, 1.54) is 11.3 Å². The van der Waals surface area contributed by atoms with Crippen molar-refractivity contribution in [1.29, 1.82) is 0 Å². The van der Waals surface area contributed by atoms with Crippen LogP contribution in [0.15, 0.2) is 24.3 Å². The van der Waals surface area contributed by atoms with Crippen molar-refractivity contribution in [2.75, 3.05) is 11.9 Å². The molecule has 4 heteroatoms. The predicted molar refractivity (Wildman–Crippen MR) is 91.7 cm³/mol. The maximum atomic E-state index is 11.6. The Balaban J connectivity index is 1.60. The van der Waals surface area contributed by atoms with Crippen LogP contribution in [0.3, 0.4) is 0 Å². The number of hydrogen-bond acceptors (Lipinski definition) is 4. The molecule has 4 unspecified atom stereocenters. The summed E-state index contributed by atoms with van der Waals surface area (Å²) in [7, 11) is 2.19. The number of fused-ring (bicyclic) bond motifs is 2. The molecule has 5 bridgehead atoms. The van der Waals surface area contributed by atoms with Crippen LogP contribution >= 0.6 is 0 Å². The molecular formula is C20H26N2O2. The van der Waals surface area contributed by atoms with Gasteiger partial charge in [-0.25, -0.2) is 0 Å². The number of rotatable bonds is 1. The van der Waals surface area contributed by atoms with Gasteiger partial charge in [0.05, 0.1) is 12.1 Å². The zero-order chi connectivity index (χ0) is 16.4. The normalized spacial score (nSPS) is 55.8. The van der Waals surface area contributed by atoms with Gasteiger partial charge in [0.15, 0.2) is 0 Å². The van der Waals surface area contributed by atoms with Crippen LogP contribution in [-0.2, 0) is 5.41 Å². The molecule has 6 aliphatic rings. The van der Waals surface area contributed by atoms with Gasteiger partial charge in [0, 0.05) is 42.1 Å². The second-order valence-electron chi connectivity index (χ2n) is 8.81. The van der Waals surface area contributed by atoms with Crippen molar-refractivity contribution in [2.24, 2.45) is 17.8 Å². The van der Waals surface area contributed by atoms with Crippen LogP contribution in [0.2, 0.25) is 0 Å². The molecule has 1 aromatic rings. The first-order valence-electron chi connectivity index (χ1n) is 9.57. The highest BCUT2D eigenvalue weighted by Crippen LogP contribution is 2.68. The molecule has 1 aromatic carbocycles. The Morgan fingerprint density at radius 3 is 2.79 bits per heavy atom. The van der Waals surface area contributed by atoms with E-state index in [2.05, 4.69) is 48.0 Å². The summed E-state index contributed by atoms with van der Waals surface area (Å²) in [5.41, 5.74) is 2.51. The van der Waals surface area contributed by atoms with E-state index in [-0.39, 0.29) is 17.7 Å². The van der Waals surface area contributed by atoms with Gasteiger partial charge in [-0.15, -0.1) is 0 Å². The third-order valence-corrected chi connectivity index (χ3v) is 8.46. The van der Waals surface area contributed by atoms with Crippen LogP contribution in [0.25, 0.3) is 0 Å². The number of para-hydroxylation sites is 1. The van der Waals surface area contributed by atoms with Crippen molar-refractivity contribution in [2.45, 2.75) is 62.1 Å². The zero-order valence-electron chi connectivity index (χ0n) is 14.3. The summed E-state index contributed by atoms with van der Waals surface area (Å²) in [6.45, 7) is 2.19. The minimum Gasteiger partial charge on any atom is -0.392 e. The Kier molecular flexibility index (Phi) is 2.45. The number of likely N-dealkylation sites (N-methyl/N-ethyl adjacent to an activating group) is 1. The van der Waals surface area contributed by atoms with Gasteiger partial charge in [0.2, 0.25) is 0 Å². The van der Waals surface area contributed by atoms with Gasteiger partial charge >= 0.3 is 0 Å². The van der Waals surface area contributed by atoms with Crippen molar-refractivity contribution < 1.29 is 10.2 Å². The van der Waals surface area contributed by atoms with Crippen molar-refractivity contribution >= 4 is 5.69 Å². The highest BCUT2D eigenvalue weighted by atomic mass is 16.3. The number of anilines is 1. The van der Waals surface area contributed by atoms with Crippen LogP contribution < -0.4 is 4.90 Å². The maximum absolute atomic E-state index is 11.6. The van der Waals surface area contributed by atoms with E-state index >= 15 is 0 Å². The smallest absolute Gasteiger partial charge is 0.111 e. The van der Waals surface area contributed by atoms with Gasteiger partial charge < -0.3 is 15.1 Å². The molecule has 1 spiro atoms. The van der Waals surface area contributed by atoms with E-state index in [0.29, 0.717) is 35.9 Å². The van der Waals surface area contributed by atoms with Gasteiger partial charge in [-0.2, -0.15) is 0 Å². The Bertz CT molecular complexity index is 723. The Morgan fingerprint density at radius 1 is 1.21 bits per heavy atom. The third-order valence-electron chi connectivity index (χ3n) is 8.46. The lowest BCUT2D eigenvalue weighted by molar-refractivity contribution is -0.211. The van der Waals surface area contributed by atoms with E-state index < -0.39 is 0 Å². The van der Waals surface area contributed by atoms with Crippen LogP contribution in [-0.4, -0.2) is 52.6 Å². The fraction of sp³-hybridized carbons (Fsp3) is 0.700. The van der Waals surface area contributed by atoms with Gasteiger partial charge in [-0.05, 0) is 36.8 Å². The second-order valence-corrected chi connectivity index (χ2v) is 8.81. The minimum absolute atomic E-state index is 0.126. The summed E-state index contributed by atoms with van der Waals surface area (Å²) in [5, 5.41) is 22.6. The molecule has 2 N–H and O–H groups in total. The van der Waals surface area contributed by atoms with Gasteiger partial charge in [-0.3, -0.25) is 4.90 Å². The fourth-order valence-electron chi connectivity index (χ4n) is 7.88. The molecule has 7 rings (SSSR count). The average molecular weight is 326 g/mol. The molecule has 10 atom stereocenters. The lowest BCUT2D eigenvalue weighted by Gasteiger charge is -2.62. The molecule has 4 saturated heterocycles. The largest absolute Gasteiger partial charge is 0.392 e. The van der Waals surface area contributed by atoms with Gasteiger partial charge in [0.25, 0.3) is 0 Å². The quantitative estimate of drug-likeness (QED) is 0.822. The average Bonchev–Trinajstić information content (AvgIpc) is 2.97. The zero-order valence-corrected chi connectivity index (χ0v) is 14.3. The molecule has 4 nitrogen and oxygen atoms in total. The van der Waals surface area contributed by atoms with Crippen molar-refractivity contribution in [3.8, 4) is 0 Å². The number of aliphatic hydroxyl groups is 2. The monoisotopic (exact) mass is 326 g/mol. The Morgan fingerprint density at radius 2 is 2.00 bits per heavy atom. The molecule has 128 valence electrons. The molecule has 0 radical (unpaired) electrons. The molecule has 5 fully saturated rings. The summed E-state index contributed by atoms with van der Waals surface area (Å²) in [6.07, 6.45) is 2.56. The number of benzene rings is 1. The fourth-order valence-corrected chi connectivity index (χ4v) is 7.88. The summed E-state index contributed by atoms with van der Waals surface area (Å²) < 4.78 is 0. The standard InChI is InChI=1S/C20H26N2O2/c1-3-10-11-8-14-17-20(12-6-4-5-7-13(12)21(17)2)9-15(16(11)18(20)23)22(14)19(10)24/h4-7,10-11,14-19,23-24H,3,8-9H2,1-2H3/t10-,11-,14?,15-,16?,17-,18?,19+,20+/m0/s1. The summed E-state index contributed by atoms with van der Waals surface area (Å²) in [4.78, 5) is 4.83. The SMILES string of the molecule is CC[C@H]1[C@@H]2CC3[C@@H]4N(C)c5ccccc5[C@]45C[C@@H](C2C5O)N3[C@@H]1O. The van der Waals surface area contributed by atoms with Crippen LogP contribution in [0.4, 0.5) is 5.69 Å². The van der Waals surface area contributed by atoms with Crippen LogP contribution in [0.1, 0.15) is 31.7 Å². The molecule has 0 aromatic heterocycles. The number of hydrogen-bond donors (Lipinski definition) is 2. The van der Waals surface area contributed by atoms with Gasteiger partial charge in [-0.1, -0.05) is 25.1 Å². The van der Waals surface area contributed by atoms with Gasteiger partial charge in [0.1, 0.15) is 6.23 Å². The third kappa shape index (κ3) is 1.20. The molecule has 5 heterocycles. The van der Waals surface area contributed by atoms with E-state index in [0.717, 1.165) is 19.3 Å². The number of piperidine rings is 4. The summed E-state index contributed by atoms with van der Waals surface area (Å²) in [5.74, 6) is 1.14. The Hall–Kier alpha value is -1.10. The van der Waals surface area contributed by atoms with E-state index in [4.69, 9.17) is 0 Å². The highest BCUT2D eigenvalue weighted by molar-refractivity contribution is 5.67. The molecule has 24 heavy (non-hydrogen) atoms. The molecule has 0 amide bonds. The predicted octanol–water partition coefficient (Wildman–Crippen LogP) is 1.55. The maximum Gasteiger partial charge on any atom is 0.111 e. The van der Waals surface area contributed by atoms with E-state index in [1.807, 2.05) is 0 Å². The van der Waals surface area contributed by atoms with E-state index in [9.17, 15) is 10.2 Å². The summed E-state index contributed by atoms with van der Waals surface area (Å²) >= 11 is 0. The lowest BCUT2D eigenvalue weighted by atomic mass is 9.62. The van der Waals surface area contributed by atoms with Crippen molar-refractivity contribution in [3.63, 3.8) is 0 Å². The first-order chi connectivity index (χ1) is 11.6. The first kappa shape index (κ1) is 14.1. The summed E-state index contributed by atoms with van der Waals surface area (Å²) in [6, 6.07) is 9.70. The molecular weight excluding hydrogens is 300 g/mol. The highest BCUT2D eigenvalue weighted by Gasteiger charge is 2.76. The van der Waals surface area contributed by atoms with Crippen molar-refractivity contribution in [3.05, 3.63) is 29.8 Å². The number of nitrogens with zero attached hydrogens (tertiary/aromatic N) is 2. The minimum atomic E-state index is -0.319. The van der Waals surface area contributed by atoms with E-state index in [1.54, 1.807) is 0 Å². The second kappa shape index (κ2) is 4.17. The molecule has 1 aliphatic carbocycles. The topological polar surface area (TPSA) is 46.9 Å². The Labute approximate surface area is 143 Å².